The van der Waals surface area contributed by atoms with E-state index in [1.165, 1.54) is 12.1 Å². The molecule has 0 aliphatic heterocycles. The van der Waals surface area contributed by atoms with Crippen LogP contribution in [0.2, 0.25) is 0 Å². The van der Waals surface area contributed by atoms with Crippen molar-refractivity contribution in [1.82, 2.24) is 0 Å². The molecule has 110 valence electrons. The van der Waals surface area contributed by atoms with Gasteiger partial charge in [0.1, 0.15) is 5.82 Å². The molecule has 0 spiro atoms. The molecular formula is C16H18FN3O. The van der Waals surface area contributed by atoms with Crippen LogP contribution in [0.1, 0.15) is 12.5 Å². The minimum atomic E-state index is -0.588. The Kier molecular flexibility index (Phi) is 4.77. The zero-order valence-corrected chi connectivity index (χ0v) is 11.8. The van der Waals surface area contributed by atoms with Crippen LogP contribution in [0.5, 0.6) is 0 Å². The number of primary amides is 1. The van der Waals surface area contributed by atoms with Crippen LogP contribution in [0.25, 0.3) is 0 Å². The van der Waals surface area contributed by atoms with Gasteiger partial charge in [-0.25, -0.2) is 9.18 Å². The van der Waals surface area contributed by atoms with Crippen LogP contribution >= 0.6 is 0 Å². The molecule has 2 aromatic carbocycles. The van der Waals surface area contributed by atoms with Crippen molar-refractivity contribution in [3.05, 3.63) is 59.9 Å². The van der Waals surface area contributed by atoms with Gasteiger partial charge >= 0.3 is 6.03 Å². The largest absolute Gasteiger partial charge is 0.382 e. The number of carbonyl (C=O) groups is 1. The van der Waals surface area contributed by atoms with Crippen LogP contribution < -0.4 is 16.4 Å². The second-order valence-electron chi connectivity index (χ2n) is 4.95. The van der Waals surface area contributed by atoms with Gasteiger partial charge in [-0.15, -0.1) is 0 Å². The molecule has 1 unspecified atom stereocenters. The van der Waals surface area contributed by atoms with Gasteiger partial charge in [0.25, 0.3) is 0 Å². The van der Waals surface area contributed by atoms with Crippen LogP contribution in [0.3, 0.4) is 0 Å². The van der Waals surface area contributed by atoms with E-state index in [4.69, 9.17) is 5.73 Å². The van der Waals surface area contributed by atoms with Gasteiger partial charge in [0.05, 0.1) is 0 Å². The minimum Gasteiger partial charge on any atom is -0.382 e. The van der Waals surface area contributed by atoms with Crippen LogP contribution in [0.15, 0.2) is 48.5 Å². The van der Waals surface area contributed by atoms with Crippen molar-refractivity contribution in [3.63, 3.8) is 0 Å². The summed E-state index contributed by atoms with van der Waals surface area (Å²) in [6.07, 6.45) is 0.721. The number of rotatable bonds is 5. The maximum Gasteiger partial charge on any atom is 0.316 e. The van der Waals surface area contributed by atoms with Crippen molar-refractivity contribution >= 4 is 17.4 Å². The molecule has 4 N–H and O–H groups in total. The van der Waals surface area contributed by atoms with Crippen molar-refractivity contribution in [2.24, 2.45) is 5.73 Å². The smallest absolute Gasteiger partial charge is 0.316 e. The molecule has 2 amide bonds. The number of halogens is 1. The normalized spacial score (nSPS) is 11.7. The van der Waals surface area contributed by atoms with Crippen LogP contribution in [-0.4, -0.2) is 12.1 Å². The number of nitrogens with two attached hydrogens (primary N) is 1. The Bertz CT molecular complexity index is 613. The van der Waals surface area contributed by atoms with E-state index in [1.807, 2.05) is 25.1 Å². The van der Waals surface area contributed by atoms with Crippen LogP contribution in [-0.2, 0) is 6.42 Å². The lowest BCUT2D eigenvalue weighted by atomic mass is 10.1. The van der Waals surface area contributed by atoms with E-state index in [0.717, 1.165) is 17.7 Å². The molecular weight excluding hydrogens is 269 g/mol. The minimum absolute atomic E-state index is 0.154. The monoisotopic (exact) mass is 287 g/mol. The Balaban J connectivity index is 1.93. The lowest BCUT2D eigenvalue weighted by molar-refractivity contribution is 0.259. The number of carbonyl (C=O) groups excluding carboxylic acids is 1. The topological polar surface area (TPSA) is 67.2 Å². The third-order valence-electron chi connectivity index (χ3n) is 3.00. The van der Waals surface area contributed by atoms with E-state index < -0.39 is 6.03 Å². The predicted octanol–water partition coefficient (Wildman–Crippen LogP) is 3.36. The highest BCUT2D eigenvalue weighted by Gasteiger charge is 2.05. The summed E-state index contributed by atoms with van der Waals surface area (Å²) in [6.45, 7) is 2.03. The molecule has 0 bridgehead atoms. The van der Waals surface area contributed by atoms with E-state index in [0.29, 0.717) is 5.69 Å². The standard InChI is InChI=1S/C16H18FN3O/c1-11(9-12-3-2-4-13(17)10-12)19-14-5-7-15(8-6-14)20-16(18)21/h2-8,10-11,19H,9H2,1H3,(H3,18,20,21). The summed E-state index contributed by atoms with van der Waals surface area (Å²) in [5.41, 5.74) is 7.56. The number of amides is 2. The molecule has 2 rings (SSSR count). The Morgan fingerprint density at radius 3 is 2.48 bits per heavy atom. The van der Waals surface area contributed by atoms with Gasteiger partial charge < -0.3 is 16.4 Å². The predicted molar refractivity (Wildman–Crippen MR) is 82.8 cm³/mol. The third kappa shape index (κ3) is 4.80. The van der Waals surface area contributed by atoms with Crippen molar-refractivity contribution in [1.29, 1.82) is 0 Å². The van der Waals surface area contributed by atoms with Gasteiger partial charge in [-0.1, -0.05) is 12.1 Å². The first kappa shape index (κ1) is 14.8. The second kappa shape index (κ2) is 6.74. The summed E-state index contributed by atoms with van der Waals surface area (Å²) >= 11 is 0. The quantitative estimate of drug-likeness (QED) is 0.789. The summed E-state index contributed by atoms with van der Waals surface area (Å²) in [4.78, 5) is 10.7. The summed E-state index contributed by atoms with van der Waals surface area (Å²) in [5.74, 6) is -0.221. The molecule has 4 nitrogen and oxygen atoms in total. The van der Waals surface area contributed by atoms with Gasteiger partial charge in [0.2, 0.25) is 0 Å². The van der Waals surface area contributed by atoms with Crippen molar-refractivity contribution in [3.8, 4) is 0 Å². The number of urea groups is 1. The second-order valence-corrected chi connectivity index (χ2v) is 4.95. The first-order valence-electron chi connectivity index (χ1n) is 6.70. The van der Waals surface area contributed by atoms with Gasteiger partial charge in [-0.05, 0) is 55.3 Å². The Morgan fingerprint density at radius 2 is 1.86 bits per heavy atom. The third-order valence-corrected chi connectivity index (χ3v) is 3.00. The highest BCUT2D eigenvalue weighted by atomic mass is 19.1. The summed E-state index contributed by atoms with van der Waals surface area (Å²) in [7, 11) is 0. The number of benzene rings is 2. The molecule has 0 aromatic heterocycles. The molecule has 21 heavy (non-hydrogen) atoms. The zero-order valence-electron chi connectivity index (χ0n) is 11.8. The number of anilines is 2. The lowest BCUT2D eigenvalue weighted by Crippen LogP contribution is -2.20. The SMILES string of the molecule is CC(Cc1cccc(F)c1)Nc1ccc(NC(N)=O)cc1. The fourth-order valence-corrected chi connectivity index (χ4v) is 2.15. The number of hydrogen-bond acceptors (Lipinski definition) is 2. The highest BCUT2D eigenvalue weighted by Crippen LogP contribution is 2.15. The fourth-order valence-electron chi connectivity index (χ4n) is 2.15. The Labute approximate surface area is 123 Å². The fraction of sp³-hybridized carbons (Fsp3) is 0.188. The molecule has 0 aliphatic rings. The van der Waals surface area contributed by atoms with Gasteiger partial charge in [0.15, 0.2) is 0 Å². The van der Waals surface area contributed by atoms with E-state index in [-0.39, 0.29) is 11.9 Å². The molecule has 5 heteroatoms. The maximum absolute atomic E-state index is 13.1. The molecule has 0 saturated heterocycles. The average Bonchev–Trinajstić information content (AvgIpc) is 2.40. The number of nitrogens with one attached hydrogen (secondary N) is 2. The van der Waals surface area contributed by atoms with E-state index in [9.17, 15) is 9.18 Å². The zero-order chi connectivity index (χ0) is 15.2. The van der Waals surface area contributed by atoms with Gasteiger partial charge in [-0.3, -0.25) is 0 Å². The van der Waals surface area contributed by atoms with Crippen molar-refractivity contribution < 1.29 is 9.18 Å². The molecule has 0 radical (unpaired) electrons. The maximum atomic E-state index is 13.1. The van der Waals surface area contributed by atoms with Crippen LogP contribution in [0, 0.1) is 5.82 Å². The molecule has 1 atom stereocenters. The van der Waals surface area contributed by atoms with E-state index in [2.05, 4.69) is 10.6 Å². The lowest BCUT2D eigenvalue weighted by Gasteiger charge is -2.16. The molecule has 0 aliphatic carbocycles. The van der Waals surface area contributed by atoms with E-state index >= 15 is 0 Å². The summed E-state index contributed by atoms with van der Waals surface area (Å²) in [6, 6.07) is 13.4. The van der Waals surface area contributed by atoms with Gasteiger partial charge in [-0.2, -0.15) is 0 Å². The summed E-state index contributed by atoms with van der Waals surface area (Å²) < 4.78 is 13.1. The Hall–Kier alpha value is -2.56. The van der Waals surface area contributed by atoms with Gasteiger partial charge in [0, 0.05) is 17.4 Å². The molecule has 0 fully saturated rings. The summed E-state index contributed by atoms with van der Waals surface area (Å²) in [5, 5.41) is 5.82. The van der Waals surface area contributed by atoms with Crippen molar-refractivity contribution in [2.75, 3.05) is 10.6 Å². The van der Waals surface area contributed by atoms with Crippen molar-refractivity contribution in [2.45, 2.75) is 19.4 Å². The molecule has 0 saturated carbocycles. The number of hydrogen-bond donors (Lipinski definition) is 3. The average molecular weight is 287 g/mol. The molecule has 0 heterocycles. The first-order chi connectivity index (χ1) is 10.0. The Morgan fingerprint density at radius 1 is 1.19 bits per heavy atom. The highest BCUT2D eigenvalue weighted by molar-refractivity contribution is 5.87. The van der Waals surface area contributed by atoms with E-state index in [1.54, 1.807) is 18.2 Å². The van der Waals surface area contributed by atoms with Crippen LogP contribution in [0.4, 0.5) is 20.6 Å². The first-order valence-corrected chi connectivity index (χ1v) is 6.70. The molecule has 2 aromatic rings.